The molecule has 0 bridgehead atoms. The Morgan fingerprint density at radius 2 is 2.14 bits per heavy atom. The fraction of sp³-hybridized carbons (Fsp3) is 0.0667. The van der Waals surface area contributed by atoms with E-state index in [-0.39, 0.29) is 5.56 Å². The Labute approximate surface area is 134 Å². The van der Waals surface area contributed by atoms with Crippen LogP contribution in [0.3, 0.4) is 0 Å². The van der Waals surface area contributed by atoms with Crippen LogP contribution in [0.5, 0.6) is 0 Å². The molecule has 0 fully saturated rings. The Bertz CT molecular complexity index is 816. The molecule has 0 amide bonds. The molecule has 3 aromatic rings. The second kappa shape index (κ2) is 6.05. The van der Waals surface area contributed by atoms with Gasteiger partial charge in [0.15, 0.2) is 0 Å². The third kappa shape index (κ3) is 3.05. The van der Waals surface area contributed by atoms with Crippen molar-refractivity contribution in [1.82, 2.24) is 4.98 Å². The maximum atomic E-state index is 10.9. The average molecular weight is 336 g/mol. The highest BCUT2D eigenvalue weighted by atomic mass is 35.5. The van der Waals surface area contributed by atoms with Gasteiger partial charge in [-0.15, -0.1) is 23.1 Å². The van der Waals surface area contributed by atoms with Crippen molar-refractivity contribution in [2.75, 3.05) is 0 Å². The van der Waals surface area contributed by atoms with Crippen molar-refractivity contribution in [2.24, 2.45) is 0 Å². The minimum absolute atomic E-state index is 0.245. The summed E-state index contributed by atoms with van der Waals surface area (Å²) in [6.45, 7) is 0. The zero-order valence-electron chi connectivity index (χ0n) is 10.7. The first-order valence-corrected chi connectivity index (χ1v) is 8.31. The molecule has 1 N–H and O–H groups in total. The van der Waals surface area contributed by atoms with Crippen molar-refractivity contribution in [2.45, 2.75) is 10.8 Å². The van der Waals surface area contributed by atoms with Gasteiger partial charge in [-0.25, -0.2) is 9.78 Å². The van der Waals surface area contributed by atoms with Gasteiger partial charge >= 0.3 is 5.97 Å². The monoisotopic (exact) mass is 335 g/mol. The van der Waals surface area contributed by atoms with Gasteiger partial charge in [-0.3, -0.25) is 0 Å². The average Bonchev–Trinajstić information content (AvgIpc) is 2.82. The molecule has 0 aliphatic rings. The number of fused-ring (bicyclic) bond motifs is 1. The Hall–Kier alpha value is -1.56. The molecule has 21 heavy (non-hydrogen) atoms. The molecular weight excluding hydrogens is 326 g/mol. The van der Waals surface area contributed by atoms with Crippen LogP contribution in [0.25, 0.3) is 10.1 Å². The summed E-state index contributed by atoms with van der Waals surface area (Å²) in [4.78, 5) is 16.2. The van der Waals surface area contributed by atoms with Crippen LogP contribution in [-0.2, 0) is 5.75 Å². The highest BCUT2D eigenvalue weighted by Crippen LogP contribution is 2.38. The topological polar surface area (TPSA) is 50.2 Å². The normalized spacial score (nSPS) is 10.9. The summed E-state index contributed by atoms with van der Waals surface area (Å²) in [5.74, 6) is -0.270. The highest BCUT2D eigenvalue weighted by Gasteiger charge is 2.11. The van der Waals surface area contributed by atoms with Crippen molar-refractivity contribution in [3.63, 3.8) is 0 Å². The smallest absolute Gasteiger partial charge is 0.335 e. The fourth-order valence-corrected chi connectivity index (χ4v) is 4.47. The molecule has 0 radical (unpaired) electrons. The second-order valence-corrected chi connectivity index (χ2v) is 6.82. The number of nitrogens with zero attached hydrogens (tertiary/aromatic N) is 1. The number of thiophene rings is 1. The molecule has 0 aliphatic carbocycles. The Balaban J connectivity index is 1.82. The lowest BCUT2D eigenvalue weighted by Crippen LogP contribution is -1.96. The van der Waals surface area contributed by atoms with E-state index < -0.39 is 5.97 Å². The van der Waals surface area contributed by atoms with Gasteiger partial charge < -0.3 is 5.11 Å². The maximum Gasteiger partial charge on any atom is 0.335 e. The first-order chi connectivity index (χ1) is 10.1. The van der Waals surface area contributed by atoms with E-state index in [1.807, 2.05) is 24.3 Å². The van der Waals surface area contributed by atoms with Crippen LogP contribution >= 0.6 is 34.7 Å². The van der Waals surface area contributed by atoms with Crippen LogP contribution in [-0.4, -0.2) is 16.1 Å². The molecule has 2 aromatic heterocycles. The molecule has 0 atom stereocenters. The van der Waals surface area contributed by atoms with Crippen molar-refractivity contribution >= 4 is 50.8 Å². The van der Waals surface area contributed by atoms with Crippen LogP contribution in [0, 0.1) is 0 Å². The van der Waals surface area contributed by atoms with Crippen molar-refractivity contribution in [3.8, 4) is 0 Å². The van der Waals surface area contributed by atoms with E-state index in [2.05, 4.69) is 4.98 Å². The van der Waals surface area contributed by atoms with E-state index >= 15 is 0 Å². The Kier molecular flexibility index (Phi) is 4.14. The zero-order valence-corrected chi connectivity index (χ0v) is 13.1. The third-order valence-electron chi connectivity index (χ3n) is 2.93. The maximum absolute atomic E-state index is 10.9. The highest BCUT2D eigenvalue weighted by molar-refractivity contribution is 7.98. The lowest BCUT2D eigenvalue weighted by molar-refractivity contribution is 0.0696. The lowest BCUT2D eigenvalue weighted by Gasteiger charge is -2.01. The van der Waals surface area contributed by atoms with E-state index in [0.717, 1.165) is 20.0 Å². The second-order valence-electron chi connectivity index (χ2n) is 4.31. The molecule has 0 saturated heterocycles. The lowest BCUT2D eigenvalue weighted by atomic mass is 10.2. The summed E-state index contributed by atoms with van der Waals surface area (Å²) in [5, 5.41) is 11.5. The number of benzene rings is 1. The van der Waals surface area contributed by atoms with Crippen LogP contribution in [0.15, 0.2) is 47.6 Å². The number of rotatable bonds is 4. The number of carbonyl (C=O) groups is 1. The molecular formula is C15H10ClNO2S2. The molecule has 3 nitrogen and oxygen atoms in total. The predicted octanol–water partition coefficient (Wildman–Crippen LogP) is 4.94. The number of carboxylic acids is 1. The zero-order chi connectivity index (χ0) is 14.8. The van der Waals surface area contributed by atoms with Gasteiger partial charge in [0.25, 0.3) is 0 Å². The fourth-order valence-electron chi connectivity index (χ4n) is 1.92. The van der Waals surface area contributed by atoms with Gasteiger partial charge in [-0.1, -0.05) is 29.8 Å². The summed E-state index contributed by atoms with van der Waals surface area (Å²) in [5.41, 5.74) is 0.245. The predicted molar refractivity (Wildman–Crippen MR) is 87.6 cm³/mol. The molecule has 6 heteroatoms. The summed E-state index contributed by atoms with van der Waals surface area (Å²) < 4.78 is 1.16. The first-order valence-electron chi connectivity index (χ1n) is 6.13. The number of aromatic carboxylic acids is 1. The van der Waals surface area contributed by atoms with Crippen LogP contribution in [0.2, 0.25) is 5.02 Å². The molecule has 0 unspecified atom stereocenters. The SMILES string of the molecule is O=C(O)c1ccnc(SCc2sc3ccccc3c2Cl)c1. The Morgan fingerprint density at radius 3 is 2.90 bits per heavy atom. The number of halogens is 1. The minimum atomic E-state index is -0.945. The van der Waals surface area contributed by atoms with Gasteiger partial charge in [0.05, 0.1) is 15.6 Å². The number of thioether (sulfide) groups is 1. The number of hydrogen-bond acceptors (Lipinski definition) is 4. The van der Waals surface area contributed by atoms with Gasteiger partial charge in [0.2, 0.25) is 0 Å². The van der Waals surface area contributed by atoms with Crippen molar-refractivity contribution in [3.05, 3.63) is 58.1 Å². The molecule has 0 saturated carbocycles. The number of hydrogen-bond donors (Lipinski definition) is 1. The molecule has 1 aromatic carbocycles. The van der Waals surface area contributed by atoms with Gasteiger partial charge in [-0.05, 0) is 18.2 Å². The van der Waals surface area contributed by atoms with E-state index in [9.17, 15) is 4.79 Å². The quantitative estimate of drug-likeness (QED) is 0.686. The van der Waals surface area contributed by atoms with Gasteiger partial charge in [0, 0.05) is 26.9 Å². The first kappa shape index (κ1) is 14.4. The summed E-state index contributed by atoms with van der Waals surface area (Å²) >= 11 is 9.53. The van der Waals surface area contributed by atoms with Crippen LogP contribution in [0.1, 0.15) is 15.2 Å². The van der Waals surface area contributed by atoms with Crippen molar-refractivity contribution < 1.29 is 9.90 Å². The number of aromatic nitrogens is 1. The number of carboxylic acid groups (broad SMARTS) is 1. The van der Waals surface area contributed by atoms with E-state index in [0.29, 0.717) is 10.8 Å². The molecule has 0 aliphatic heterocycles. The minimum Gasteiger partial charge on any atom is -0.478 e. The summed E-state index contributed by atoms with van der Waals surface area (Å²) in [6.07, 6.45) is 1.51. The molecule has 2 heterocycles. The third-order valence-corrected chi connectivity index (χ3v) is 5.78. The summed E-state index contributed by atoms with van der Waals surface area (Å²) in [6, 6.07) is 11.1. The van der Waals surface area contributed by atoms with Crippen LogP contribution < -0.4 is 0 Å². The number of pyridine rings is 1. The van der Waals surface area contributed by atoms with Crippen molar-refractivity contribution in [1.29, 1.82) is 0 Å². The molecule has 0 spiro atoms. The standard InChI is InChI=1S/C15H10ClNO2S2/c16-14-10-3-1-2-4-11(10)21-12(14)8-20-13-7-9(15(18)19)5-6-17-13/h1-7H,8H2,(H,18,19). The van der Waals surface area contributed by atoms with Gasteiger partial charge in [0.1, 0.15) is 0 Å². The van der Waals surface area contributed by atoms with E-state index in [4.69, 9.17) is 16.7 Å². The molecule has 106 valence electrons. The summed E-state index contributed by atoms with van der Waals surface area (Å²) in [7, 11) is 0. The van der Waals surface area contributed by atoms with Gasteiger partial charge in [-0.2, -0.15) is 0 Å². The molecule has 3 rings (SSSR count). The van der Waals surface area contributed by atoms with E-state index in [1.54, 1.807) is 17.4 Å². The van der Waals surface area contributed by atoms with E-state index in [1.165, 1.54) is 24.0 Å². The van der Waals surface area contributed by atoms with Crippen LogP contribution in [0.4, 0.5) is 0 Å². The largest absolute Gasteiger partial charge is 0.478 e. The Morgan fingerprint density at radius 1 is 1.33 bits per heavy atom.